The Morgan fingerprint density at radius 1 is 1.20 bits per heavy atom. The molecule has 0 bridgehead atoms. The Hall–Kier alpha value is -1.52. The van der Waals surface area contributed by atoms with Gasteiger partial charge >= 0.3 is 0 Å². The fourth-order valence-electron chi connectivity index (χ4n) is 1.73. The highest BCUT2D eigenvalue weighted by Crippen LogP contribution is 2.09. The molecule has 1 heterocycles. The molecule has 0 atom stereocenters. The molecule has 1 amide bonds. The molecule has 3 nitrogen and oxygen atoms in total. The van der Waals surface area contributed by atoms with E-state index in [0.717, 1.165) is 18.7 Å². The first-order chi connectivity index (χ1) is 9.25. The molecule has 0 fully saturated rings. The molecule has 0 saturated heterocycles. The van der Waals surface area contributed by atoms with Gasteiger partial charge in [-0.15, -0.1) is 23.7 Å². The predicted octanol–water partition coefficient (Wildman–Crippen LogP) is 3.28. The molecule has 2 rings (SSSR count). The van der Waals surface area contributed by atoms with Crippen LogP contribution in [0.1, 0.15) is 4.88 Å². The largest absolute Gasteiger partial charge is 0.376 e. The van der Waals surface area contributed by atoms with Crippen LogP contribution in [0.3, 0.4) is 0 Å². The van der Waals surface area contributed by atoms with E-state index in [-0.39, 0.29) is 18.3 Å². The molecule has 108 valence electrons. The fourth-order valence-corrected chi connectivity index (χ4v) is 2.42. The minimum Gasteiger partial charge on any atom is -0.376 e. The molecule has 0 spiro atoms. The first-order valence-electron chi connectivity index (χ1n) is 6.31. The Morgan fingerprint density at radius 2 is 1.95 bits per heavy atom. The standard InChI is InChI=1S/C15H18N2OS.ClH/c1-17(10-9-14-8-5-11-19-14)15(18)12-16-13-6-3-2-4-7-13;/h2-8,11,16H,9-10,12H2,1H3;1H. The molecule has 0 unspecified atom stereocenters. The van der Waals surface area contributed by atoms with Crippen LogP contribution < -0.4 is 5.32 Å². The number of hydrogen-bond donors (Lipinski definition) is 1. The van der Waals surface area contributed by atoms with Gasteiger partial charge < -0.3 is 10.2 Å². The van der Waals surface area contributed by atoms with E-state index in [4.69, 9.17) is 0 Å². The van der Waals surface area contributed by atoms with Crippen molar-refractivity contribution >= 4 is 35.3 Å². The highest BCUT2D eigenvalue weighted by molar-refractivity contribution is 7.09. The van der Waals surface area contributed by atoms with Crippen LogP contribution in [0.5, 0.6) is 0 Å². The van der Waals surface area contributed by atoms with Crippen LogP contribution in [0.25, 0.3) is 0 Å². The summed E-state index contributed by atoms with van der Waals surface area (Å²) in [6, 6.07) is 13.9. The van der Waals surface area contributed by atoms with Gasteiger partial charge in [-0.3, -0.25) is 4.79 Å². The summed E-state index contributed by atoms with van der Waals surface area (Å²) in [7, 11) is 1.85. The van der Waals surface area contributed by atoms with Crippen LogP contribution in [0.2, 0.25) is 0 Å². The van der Waals surface area contributed by atoms with E-state index in [1.165, 1.54) is 4.88 Å². The Labute approximate surface area is 130 Å². The van der Waals surface area contributed by atoms with Gasteiger partial charge in [0.2, 0.25) is 5.91 Å². The lowest BCUT2D eigenvalue weighted by Crippen LogP contribution is -2.33. The number of rotatable bonds is 6. The Kier molecular flexibility index (Phi) is 7.12. The maximum atomic E-state index is 11.9. The summed E-state index contributed by atoms with van der Waals surface area (Å²) in [5.41, 5.74) is 0.975. The molecule has 1 aromatic heterocycles. The van der Waals surface area contributed by atoms with Gasteiger partial charge in [0.05, 0.1) is 6.54 Å². The number of amides is 1. The molecule has 1 N–H and O–H groups in total. The number of nitrogens with one attached hydrogen (secondary N) is 1. The normalized spacial score (nSPS) is 9.65. The SMILES string of the molecule is CN(CCc1cccs1)C(=O)CNc1ccccc1.Cl. The lowest BCUT2D eigenvalue weighted by atomic mass is 10.3. The topological polar surface area (TPSA) is 32.3 Å². The maximum Gasteiger partial charge on any atom is 0.241 e. The van der Waals surface area contributed by atoms with Crippen molar-refractivity contribution < 1.29 is 4.79 Å². The van der Waals surface area contributed by atoms with Crippen molar-refractivity contribution in [2.75, 3.05) is 25.5 Å². The molecule has 0 aliphatic carbocycles. The average Bonchev–Trinajstić information content (AvgIpc) is 2.96. The molecule has 0 radical (unpaired) electrons. The van der Waals surface area contributed by atoms with Gasteiger partial charge in [-0.25, -0.2) is 0 Å². The molecule has 0 aliphatic rings. The predicted molar refractivity (Wildman–Crippen MR) is 87.8 cm³/mol. The van der Waals surface area contributed by atoms with Crippen LogP contribution in [0.15, 0.2) is 47.8 Å². The van der Waals surface area contributed by atoms with Crippen molar-refractivity contribution in [3.8, 4) is 0 Å². The van der Waals surface area contributed by atoms with Crippen LogP contribution in [-0.4, -0.2) is 30.9 Å². The second-order valence-electron chi connectivity index (χ2n) is 4.36. The van der Waals surface area contributed by atoms with Crippen molar-refractivity contribution in [3.63, 3.8) is 0 Å². The average molecular weight is 311 g/mol. The number of carbonyl (C=O) groups excluding carboxylic acids is 1. The molecule has 0 saturated carbocycles. The first kappa shape index (κ1) is 16.5. The van der Waals surface area contributed by atoms with E-state index < -0.39 is 0 Å². The van der Waals surface area contributed by atoms with Crippen molar-refractivity contribution in [2.45, 2.75) is 6.42 Å². The second kappa shape index (κ2) is 8.61. The summed E-state index contributed by atoms with van der Waals surface area (Å²) in [5, 5.41) is 5.19. The third-order valence-electron chi connectivity index (χ3n) is 2.92. The number of para-hydroxylation sites is 1. The van der Waals surface area contributed by atoms with Gasteiger partial charge in [0.15, 0.2) is 0 Å². The number of halogens is 1. The number of thiophene rings is 1. The molecule has 1 aromatic carbocycles. The maximum absolute atomic E-state index is 11.9. The molecule has 20 heavy (non-hydrogen) atoms. The smallest absolute Gasteiger partial charge is 0.241 e. The lowest BCUT2D eigenvalue weighted by molar-refractivity contribution is -0.127. The zero-order chi connectivity index (χ0) is 13.5. The quantitative estimate of drug-likeness (QED) is 0.888. The monoisotopic (exact) mass is 310 g/mol. The van der Waals surface area contributed by atoms with Gasteiger partial charge in [-0.1, -0.05) is 24.3 Å². The van der Waals surface area contributed by atoms with E-state index in [2.05, 4.69) is 16.8 Å². The van der Waals surface area contributed by atoms with E-state index in [1.54, 1.807) is 16.2 Å². The number of carbonyl (C=O) groups is 1. The molecule has 2 aromatic rings. The van der Waals surface area contributed by atoms with E-state index in [9.17, 15) is 4.79 Å². The molecule has 0 aliphatic heterocycles. The number of anilines is 1. The minimum atomic E-state index is 0. The summed E-state index contributed by atoms with van der Waals surface area (Å²) in [6.07, 6.45) is 0.922. The van der Waals surface area contributed by atoms with Crippen molar-refractivity contribution in [3.05, 3.63) is 52.7 Å². The third kappa shape index (κ3) is 5.23. The highest BCUT2D eigenvalue weighted by atomic mass is 35.5. The van der Waals surface area contributed by atoms with Crippen LogP contribution in [-0.2, 0) is 11.2 Å². The van der Waals surface area contributed by atoms with Crippen molar-refractivity contribution in [1.29, 1.82) is 0 Å². The van der Waals surface area contributed by atoms with Crippen LogP contribution in [0.4, 0.5) is 5.69 Å². The number of benzene rings is 1. The molecular formula is C15H19ClN2OS. The van der Waals surface area contributed by atoms with Crippen LogP contribution >= 0.6 is 23.7 Å². The summed E-state index contributed by atoms with van der Waals surface area (Å²) in [5.74, 6) is 0.111. The van der Waals surface area contributed by atoms with Gasteiger partial charge in [-0.05, 0) is 30.0 Å². The second-order valence-corrected chi connectivity index (χ2v) is 5.40. The van der Waals surface area contributed by atoms with E-state index in [0.29, 0.717) is 6.54 Å². The number of nitrogens with zero attached hydrogens (tertiary/aromatic N) is 1. The third-order valence-corrected chi connectivity index (χ3v) is 3.85. The van der Waals surface area contributed by atoms with Gasteiger partial charge in [0.25, 0.3) is 0 Å². The first-order valence-corrected chi connectivity index (χ1v) is 7.19. The van der Waals surface area contributed by atoms with Crippen LogP contribution in [0, 0.1) is 0 Å². The molecular weight excluding hydrogens is 292 g/mol. The van der Waals surface area contributed by atoms with Gasteiger partial charge in [0, 0.05) is 24.2 Å². The molecule has 5 heteroatoms. The fraction of sp³-hybridized carbons (Fsp3) is 0.267. The lowest BCUT2D eigenvalue weighted by Gasteiger charge is -2.17. The summed E-state index contributed by atoms with van der Waals surface area (Å²) >= 11 is 1.73. The Bertz CT molecular complexity index is 502. The Balaban J connectivity index is 0.00000200. The summed E-state index contributed by atoms with van der Waals surface area (Å²) in [4.78, 5) is 15.0. The van der Waals surface area contributed by atoms with Gasteiger partial charge in [0.1, 0.15) is 0 Å². The van der Waals surface area contributed by atoms with Crippen molar-refractivity contribution in [1.82, 2.24) is 4.90 Å². The van der Waals surface area contributed by atoms with E-state index >= 15 is 0 Å². The minimum absolute atomic E-state index is 0. The van der Waals surface area contributed by atoms with Crippen molar-refractivity contribution in [2.24, 2.45) is 0 Å². The number of likely N-dealkylation sites (N-methyl/N-ethyl adjacent to an activating group) is 1. The zero-order valence-electron chi connectivity index (χ0n) is 11.4. The summed E-state index contributed by atoms with van der Waals surface area (Å²) in [6.45, 7) is 1.10. The zero-order valence-corrected chi connectivity index (χ0v) is 13.0. The summed E-state index contributed by atoms with van der Waals surface area (Å²) < 4.78 is 0. The van der Waals surface area contributed by atoms with Gasteiger partial charge in [-0.2, -0.15) is 0 Å². The number of hydrogen-bond acceptors (Lipinski definition) is 3. The Morgan fingerprint density at radius 3 is 2.60 bits per heavy atom. The van der Waals surface area contributed by atoms with E-state index in [1.807, 2.05) is 43.4 Å². The highest BCUT2D eigenvalue weighted by Gasteiger charge is 2.08.